The van der Waals surface area contributed by atoms with Crippen LogP contribution in [-0.4, -0.2) is 102 Å². The monoisotopic (exact) mass is 377 g/mol. The van der Waals surface area contributed by atoms with Gasteiger partial charge < -0.3 is 45.9 Å². The van der Waals surface area contributed by atoms with Crippen LogP contribution >= 0.6 is 0 Å². The van der Waals surface area contributed by atoms with Crippen molar-refractivity contribution in [3.8, 4) is 0 Å². The van der Waals surface area contributed by atoms with Gasteiger partial charge in [-0.2, -0.15) is 0 Å². The fourth-order valence-electron chi connectivity index (χ4n) is 4.04. The average Bonchev–Trinajstić information content (AvgIpc) is 2.58. The quantitative estimate of drug-likeness (QED) is 0.257. The van der Waals surface area contributed by atoms with E-state index in [9.17, 15) is 20.4 Å². The molecular weight excluding hydrogens is 342 g/mol. The van der Waals surface area contributed by atoms with Gasteiger partial charge in [0.2, 0.25) is 0 Å². The van der Waals surface area contributed by atoms with Gasteiger partial charge in [-0.05, 0) is 33.5 Å². The molecule has 26 heavy (non-hydrogen) atoms. The predicted molar refractivity (Wildman–Crippen MR) is 95.7 cm³/mol. The second kappa shape index (κ2) is 9.22. The Morgan fingerprint density at radius 3 is 2.23 bits per heavy atom. The second-order valence-electron chi connectivity index (χ2n) is 7.44. The molecule has 9 atom stereocenters. The number of hydrogen-bond acceptors (Lipinski definition) is 9. The summed E-state index contributed by atoms with van der Waals surface area (Å²) in [5, 5.41) is 51.3. The fourth-order valence-corrected chi connectivity index (χ4v) is 4.04. The number of likely N-dealkylation sites (N-methyl/N-ethyl adjacent to an activating group) is 3. The highest BCUT2D eigenvalue weighted by Gasteiger charge is 2.50. The topological polar surface area (TPSA) is 135 Å². The first-order chi connectivity index (χ1) is 12.3. The third-order valence-electron chi connectivity index (χ3n) is 5.37. The maximum Gasteiger partial charge on any atom is 0.185 e. The van der Waals surface area contributed by atoms with E-state index in [0.29, 0.717) is 19.5 Å². The van der Waals surface area contributed by atoms with Crippen LogP contribution in [0.15, 0.2) is 0 Å². The molecule has 0 aromatic carbocycles. The van der Waals surface area contributed by atoms with E-state index in [4.69, 9.17) is 9.47 Å². The molecule has 1 aliphatic carbocycles. The lowest BCUT2D eigenvalue weighted by Crippen LogP contribution is -2.68. The van der Waals surface area contributed by atoms with Gasteiger partial charge >= 0.3 is 0 Å². The van der Waals surface area contributed by atoms with Crippen molar-refractivity contribution in [2.75, 3.05) is 26.7 Å². The van der Waals surface area contributed by atoms with E-state index in [1.807, 2.05) is 13.8 Å². The van der Waals surface area contributed by atoms with Crippen LogP contribution < -0.4 is 16.0 Å². The highest BCUT2D eigenvalue weighted by Crippen LogP contribution is 2.29. The van der Waals surface area contributed by atoms with Crippen LogP contribution in [0.25, 0.3) is 0 Å². The molecule has 0 amide bonds. The van der Waals surface area contributed by atoms with E-state index >= 15 is 0 Å². The van der Waals surface area contributed by atoms with Crippen molar-refractivity contribution in [2.24, 2.45) is 0 Å². The molecule has 7 N–H and O–H groups in total. The normalized spacial score (nSPS) is 47.1. The number of hydrogen-bond donors (Lipinski definition) is 7. The summed E-state index contributed by atoms with van der Waals surface area (Å²) in [4.78, 5) is 0. The summed E-state index contributed by atoms with van der Waals surface area (Å²) in [5.41, 5.74) is -1.24. The molecule has 0 unspecified atom stereocenters. The van der Waals surface area contributed by atoms with Crippen molar-refractivity contribution < 1.29 is 29.9 Å². The molecule has 2 rings (SSSR count). The third kappa shape index (κ3) is 4.54. The van der Waals surface area contributed by atoms with Crippen molar-refractivity contribution in [3.05, 3.63) is 0 Å². The zero-order chi connectivity index (χ0) is 19.5. The molecule has 9 heteroatoms. The maximum absolute atomic E-state index is 10.6. The lowest BCUT2D eigenvalue weighted by Gasteiger charge is -2.48. The minimum atomic E-state index is -1.24. The molecule has 1 aliphatic heterocycles. The summed E-state index contributed by atoms with van der Waals surface area (Å²) in [6, 6.07) is -1.10. The largest absolute Gasteiger partial charge is 0.389 e. The molecule has 2 fully saturated rings. The van der Waals surface area contributed by atoms with Gasteiger partial charge in [-0.3, -0.25) is 0 Å². The molecule has 0 radical (unpaired) electrons. The van der Waals surface area contributed by atoms with Crippen LogP contribution in [0.4, 0.5) is 0 Å². The minimum Gasteiger partial charge on any atom is -0.389 e. The first kappa shape index (κ1) is 21.9. The lowest BCUT2D eigenvalue weighted by molar-refractivity contribution is -0.298. The van der Waals surface area contributed by atoms with Crippen LogP contribution in [0.5, 0.6) is 0 Å². The summed E-state index contributed by atoms with van der Waals surface area (Å²) in [6.45, 7) is 6.82. The van der Waals surface area contributed by atoms with Gasteiger partial charge in [0, 0.05) is 12.1 Å². The summed E-state index contributed by atoms with van der Waals surface area (Å²) < 4.78 is 11.4. The number of aliphatic hydroxyl groups is 4. The van der Waals surface area contributed by atoms with Crippen molar-refractivity contribution in [1.82, 2.24) is 16.0 Å². The van der Waals surface area contributed by atoms with Crippen LogP contribution in [0.2, 0.25) is 0 Å². The van der Waals surface area contributed by atoms with Gasteiger partial charge in [-0.1, -0.05) is 13.8 Å². The van der Waals surface area contributed by atoms with Crippen LogP contribution in [0.1, 0.15) is 27.2 Å². The molecule has 0 spiro atoms. The molecule has 2 aliphatic rings. The number of nitrogens with one attached hydrogen (secondary N) is 3. The molecule has 0 aromatic heterocycles. The molecular formula is C17H35N3O6. The second-order valence-corrected chi connectivity index (χ2v) is 7.44. The van der Waals surface area contributed by atoms with E-state index in [1.165, 1.54) is 0 Å². The summed E-state index contributed by atoms with van der Waals surface area (Å²) in [7, 11) is 1.65. The first-order valence-electron chi connectivity index (χ1n) is 9.44. The van der Waals surface area contributed by atoms with Gasteiger partial charge in [-0.25, -0.2) is 0 Å². The Balaban J connectivity index is 2.12. The molecule has 0 aromatic rings. The number of rotatable bonds is 7. The van der Waals surface area contributed by atoms with Gasteiger partial charge in [0.15, 0.2) is 6.29 Å². The standard InChI is InChI=1S/C17H35N3O6/c1-5-19-9-7-10(20-6-2)14(12(22)11(9)21)26-16-13(23)15(18-4)17(3,24)8-25-16/h9-16,18-24H,5-8H2,1-4H3/t9-,10+,11+,12-,13+,14-,15+,16+,17-/m0/s1. The number of ether oxygens (including phenoxy) is 2. The van der Waals surface area contributed by atoms with E-state index < -0.39 is 42.3 Å². The van der Waals surface area contributed by atoms with Crippen molar-refractivity contribution in [3.63, 3.8) is 0 Å². The van der Waals surface area contributed by atoms with E-state index in [0.717, 1.165) is 0 Å². The molecule has 9 nitrogen and oxygen atoms in total. The predicted octanol–water partition coefficient (Wildman–Crippen LogP) is -2.49. The highest BCUT2D eigenvalue weighted by atomic mass is 16.7. The molecule has 1 saturated carbocycles. The highest BCUT2D eigenvalue weighted by molar-refractivity contribution is 5.02. The van der Waals surface area contributed by atoms with Crippen LogP contribution in [0.3, 0.4) is 0 Å². The van der Waals surface area contributed by atoms with Gasteiger partial charge in [0.25, 0.3) is 0 Å². The van der Waals surface area contributed by atoms with E-state index in [2.05, 4.69) is 16.0 Å². The molecule has 1 heterocycles. The Morgan fingerprint density at radius 1 is 1.04 bits per heavy atom. The van der Waals surface area contributed by atoms with Crippen molar-refractivity contribution in [2.45, 2.75) is 81.6 Å². The Hall–Kier alpha value is -0.360. The zero-order valence-electron chi connectivity index (χ0n) is 16.1. The SMILES string of the molecule is CCN[C@H]1C[C@@H](NCC)[C@H](O[C@H]2OC[C@](C)(O)[C@H](NC)[C@H]2O)[C@@H](O)[C@@H]1O. The Morgan fingerprint density at radius 2 is 1.65 bits per heavy atom. The van der Waals surface area contributed by atoms with Gasteiger partial charge in [-0.15, -0.1) is 0 Å². The minimum absolute atomic E-state index is 0.0164. The summed E-state index contributed by atoms with van der Waals surface area (Å²) in [6.07, 6.45) is -4.44. The fraction of sp³-hybridized carbons (Fsp3) is 1.00. The lowest BCUT2D eigenvalue weighted by atomic mass is 9.83. The number of aliphatic hydroxyl groups excluding tert-OH is 3. The third-order valence-corrected chi connectivity index (χ3v) is 5.37. The molecule has 1 saturated heterocycles. The Labute approximate surface area is 155 Å². The Bertz CT molecular complexity index is 441. The first-order valence-corrected chi connectivity index (χ1v) is 9.44. The Kier molecular flexibility index (Phi) is 7.78. The van der Waals surface area contributed by atoms with E-state index in [1.54, 1.807) is 14.0 Å². The van der Waals surface area contributed by atoms with Crippen LogP contribution in [0, 0.1) is 0 Å². The zero-order valence-corrected chi connectivity index (χ0v) is 16.1. The summed E-state index contributed by atoms with van der Waals surface area (Å²) in [5.74, 6) is 0. The van der Waals surface area contributed by atoms with Gasteiger partial charge in [0.05, 0.1) is 18.8 Å². The average molecular weight is 377 g/mol. The van der Waals surface area contributed by atoms with Crippen LogP contribution in [-0.2, 0) is 9.47 Å². The molecule has 0 bridgehead atoms. The smallest absolute Gasteiger partial charge is 0.185 e. The van der Waals surface area contributed by atoms with Gasteiger partial charge in [0.1, 0.15) is 23.9 Å². The van der Waals surface area contributed by atoms with Crippen molar-refractivity contribution >= 4 is 0 Å². The molecule has 154 valence electrons. The maximum atomic E-state index is 10.6. The van der Waals surface area contributed by atoms with Crippen molar-refractivity contribution in [1.29, 1.82) is 0 Å². The summed E-state index contributed by atoms with van der Waals surface area (Å²) >= 11 is 0. The van der Waals surface area contributed by atoms with E-state index in [-0.39, 0.29) is 18.7 Å².